The molecule has 2 rings (SSSR count). The molecule has 1 aromatic heterocycles. The number of tetrazole rings is 1. The molecule has 1 aromatic carbocycles. The zero-order valence-corrected chi connectivity index (χ0v) is 12.0. The summed E-state index contributed by atoms with van der Waals surface area (Å²) in [6.45, 7) is 9.10. The maximum absolute atomic E-state index is 4.11. The first-order valence-corrected chi connectivity index (χ1v) is 6.64. The van der Waals surface area contributed by atoms with Crippen molar-refractivity contribution in [2.24, 2.45) is 0 Å². The van der Waals surface area contributed by atoms with Gasteiger partial charge in [-0.1, -0.05) is 43.7 Å². The van der Waals surface area contributed by atoms with Crippen LogP contribution in [0.15, 0.2) is 24.3 Å². The van der Waals surface area contributed by atoms with E-state index < -0.39 is 0 Å². The van der Waals surface area contributed by atoms with E-state index in [2.05, 4.69) is 72.8 Å². The Morgan fingerprint density at radius 3 is 2.47 bits per heavy atom. The first-order chi connectivity index (χ1) is 9.08. The van der Waals surface area contributed by atoms with Crippen LogP contribution in [0.5, 0.6) is 0 Å². The molecule has 0 aliphatic carbocycles. The average molecular weight is 259 g/mol. The molecule has 1 N–H and O–H groups in total. The lowest BCUT2D eigenvalue weighted by molar-refractivity contribution is 0.490. The second kappa shape index (κ2) is 5.93. The topological polar surface area (TPSA) is 55.6 Å². The molecule has 0 bridgehead atoms. The van der Waals surface area contributed by atoms with Gasteiger partial charge in [-0.2, -0.15) is 0 Å². The van der Waals surface area contributed by atoms with Gasteiger partial charge >= 0.3 is 0 Å². The van der Waals surface area contributed by atoms with E-state index in [0.717, 1.165) is 5.82 Å². The zero-order valence-electron chi connectivity index (χ0n) is 12.0. The van der Waals surface area contributed by atoms with Crippen molar-refractivity contribution in [3.63, 3.8) is 0 Å². The van der Waals surface area contributed by atoms with Crippen molar-refractivity contribution < 1.29 is 0 Å². The fraction of sp³-hybridized carbons (Fsp3) is 0.500. The van der Waals surface area contributed by atoms with Gasteiger partial charge in [-0.3, -0.25) is 0 Å². The Hall–Kier alpha value is -1.75. The summed E-state index contributed by atoms with van der Waals surface area (Å²) >= 11 is 0. The molecule has 0 saturated carbocycles. The van der Waals surface area contributed by atoms with Gasteiger partial charge in [0.05, 0.1) is 12.6 Å². The predicted molar refractivity (Wildman–Crippen MR) is 74.8 cm³/mol. The SMILES string of the molecule is Cc1ccc(C(C)n2nnnc2CNC(C)C)cc1. The summed E-state index contributed by atoms with van der Waals surface area (Å²) in [6.07, 6.45) is 0. The second-order valence-electron chi connectivity index (χ2n) is 5.16. The van der Waals surface area contributed by atoms with E-state index in [1.54, 1.807) is 0 Å². The van der Waals surface area contributed by atoms with Crippen LogP contribution in [-0.2, 0) is 6.54 Å². The van der Waals surface area contributed by atoms with Crippen molar-refractivity contribution in [2.75, 3.05) is 0 Å². The predicted octanol–water partition coefficient (Wildman–Crippen LogP) is 2.09. The van der Waals surface area contributed by atoms with Crippen molar-refractivity contribution in [1.29, 1.82) is 0 Å². The Balaban J connectivity index is 2.17. The molecule has 2 aromatic rings. The minimum atomic E-state index is 0.138. The molecule has 0 aliphatic rings. The summed E-state index contributed by atoms with van der Waals surface area (Å²) in [5.74, 6) is 0.863. The molecule has 0 amide bonds. The molecule has 1 heterocycles. The van der Waals surface area contributed by atoms with Gasteiger partial charge in [0, 0.05) is 6.04 Å². The highest BCUT2D eigenvalue weighted by Gasteiger charge is 2.14. The Labute approximate surface area is 114 Å². The molecule has 102 valence electrons. The van der Waals surface area contributed by atoms with Crippen LogP contribution in [0.25, 0.3) is 0 Å². The van der Waals surface area contributed by atoms with Gasteiger partial charge in [-0.15, -0.1) is 5.10 Å². The highest BCUT2D eigenvalue weighted by atomic mass is 15.6. The van der Waals surface area contributed by atoms with E-state index >= 15 is 0 Å². The molecule has 19 heavy (non-hydrogen) atoms. The van der Waals surface area contributed by atoms with Gasteiger partial charge in [0.1, 0.15) is 0 Å². The van der Waals surface area contributed by atoms with Gasteiger partial charge in [0.15, 0.2) is 5.82 Å². The van der Waals surface area contributed by atoms with Crippen LogP contribution in [0.1, 0.15) is 43.8 Å². The monoisotopic (exact) mass is 259 g/mol. The largest absolute Gasteiger partial charge is 0.308 e. The normalized spacial score (nSPS) is 12.9. The molecule has 5 heteroatoms. The standard InChI is InChI=1S/C14H21N5/c1-10(2)15-9-14-16-17-18-19(14)12(4)13-7-5-11(3)6-8-13/h5-8,10,12,15H,9H2,1-4H3. The number of nitrogens with zero attached hydrogens (tertiary/aromatic N) is 4. The van der Waals surface area contributed by atoms with E-state index in [0.29, 0.717) is 12.6 Å². The number of aromatic nitrogens is 4. The van der Waals surface area contributed by atoms with Gasteiger partial charge in [-0.25, -0.2) is 4.68 Å². The van der Waals surface area contributed by atoms with Crippen LogP contribution in [0.4, 0.5) is 0 Å². The lowest BCUT2D eigenvalue weighted by Crippen LogP contribution is -2.25. The molecule has 0 fully saturated rings. The molecule has 0 spiro atoms. The molecule has 0 saturated heterocycles. The minimum absolute atomic E-state index is 0.138. The minimum Gasteiger partial charge on any atom is -0.308 e. The van der Waals surface area contributed by atoms with Crippen molar-refractivity contribution in [2.45, 2.75) is 46.3 Å². The van der Waals surface area contributed by atoms with E-state index in [4.69, 9.17) is 0 Å². The molecule has 1 unspecified atom stereocenters. The number of aryl methyl sites for hydroxylation is 1. The van der Waals surface area contributed by atoms with Crippen LogP contribution >= 0.6 is 0 Å². The van der Waals surface area contributed by atoms with Gasteiger partial charge in [0.25, 0.3) is 0 Å². The Morgan fingerprint density at radius 2 is 1.84 bits per heavy atom. The second-order valence-corrected chi connectivity index (χ2v) is 5.16. The average Bonchev–Trinajstić information content (AvgIpc) is 2.84. The number of hydrogen-bond acceptors (Lipinski definition) is 4. The third-order valence-corrected chi connectivity index (χ3v) is 3.16. The summed E-state index contributed by atoms with van der Waals surface area (Å²) in [4.78, 5) is 0. The van der Waals surface area contributed by atoms with E-state index in [-0.39, 0.29) is 6.04 Å². The Bertz CT molecular complexity index is 515. The third kappa shape index (κ3) is 3.38. The number of nitrogens with one attached hydrogen (secondary N) is 1. The third-order valence-electron chi connectivity index (χ3n) is 3.16. The maximum Gasteiger partial charge on any atom is 0.165 e. The fourth-order valence-corrected chi connectivity index (χ4v) is 1.91. The van der Waals surface area contributed by atoms with Crippen LogP contribution in [0.2, 0.25) is 0 Å². The first kappa shape index (κ1) is 13.7. The van der Waals surface area contributed by atoms with Crippen molar-refractivity contribution >= 4 is 0 Å². The van der Waals surface area contributed by atoms with Crippen LogP contribution in [0.3, 0.4) is 0 Å². The maximum atomic E-state index is 4.11. The van der Waals surface area contributed by atoms with Crippen molar-refractivity contribution in [3.8, 4) is 0 Å². The van der Waals surface area contributed by atoms with Crippen molar-refractivity contribution in [3.05, 3.63) is 41.2 Å². The summed E-state index contributed by atoms with van der Waals surface area (Å²) < 4.78 is 1.88. The number of benzene rings is 1. The van der Waals surface area contributed by atoms with Gasteiger partial charge < -0.3 is 5.32 Å². The smallest absolute Gasteiger partial charge is 0.165 e. The van der Waals surface area contributed by atoms with Crippen molar-refractivity contribution in [1.82, 2.24) is 25.5 Å². The molecule has 0 radical (unpaired) electrons. The number of hydrogen-bond donors (Lipinski definition) is 1. The van der Waals surface area contributed by atoms with Gasteiger partial charge in [0.2, 0.25) is 0 Å². The summed E-state index contributed by atoms with van der Waals surface area (Å²) in [7, 11) is 0. The van der Waals surface area contributed by atoms with E-state index in [1.807, 2.05) is 4.68 Å². The quantitative estimate of drug-likeness (QED) is 0.893. The molecule has 5 nitrogen and oxygen atoms in total. The lowest BCUT2D eigenvalue weighted by atomic mass is 10.1. The fourth-order valence-electron chi connectivity index (χ4n) is 1.91. The van der Waals surface area contributed by atoms with Crippen LogP contribution in [0, 0.1) is 6.92 Å². The number of rotatable bonds is 5. The highest BCUT2D eigenvalue weighted by molar-refractivity contribution is 5.24. The Kier molecular flexibility index (Phi) is 4.27. The molecular formula is C14H21N5. The first-order valence-electron chi connectivity index (χ1n) is 6.64. The lowest BCUT2D eigenvalue weighted by Gasteiger charge is -2.15. The van der Waals surface area contributed by atoms with Crippen LogP contribution in [-0.4, -0.2) is 26.2 Å². The zero-order chi connectivity index (χ0) is 13.8. The summed E-state index contributed by atoms with van der Waals surface area (Å²) in [5.41, 5.74) is 2.47. The molecular weight excluding hydrogens is 238 g/mol. The summed E-state index contributed by atoms with van der Waals surface area (Å²) in [6, 6.07) is 9.03. The summed E-state index contributed by atoms with van der Waals surface area (Å²) in [5, 5.41) is 15.3. The van der Waals surface area contributed by atoms with Gasteiger partial charge in [-0.05, 0) is 29.8 Å². The Morgan fingerprint density at radius 1 is 1.16 bits per heavy atom. The van der Waals surface area contributed by atoms with Crippen LogP contribution < -0.4 is 5.32 Å². The molecule has 1 atom stereocenters. The van der Waals surface area contributed by atoms with E-state index in [1.165, 1.54) is 11.1 Å². The van der Waals surface area contributed by atoms with E-state index in [9.17, 15) is 0 Å². The highest BCUT2D eigenvalue weighted by Crippen LogP contribution is 2.18. The molecule has 0 aliphatic heterocycles.